The molecule has 0 bridgehead atoms. The molecule has 0 N–H and O–H groups in total. The number of nitrogens with zero attached hydrogens (tertiary/aromatic N) is 2. The van der Waals surface area contributed by atoms with Crippen LogP contribution in [0.5, 0.6) is 17.2 Å². The highest BCUT2D eigenvalue weighted by Gasteiger charge is 2.37. The second kappa shape index (κ2) is 10.4. The first-order valence-electron chi connectivity index (χ1n) is 12.7. The quantitative estimate of drug-likeness (QED) is 0.514. The van der Waals surface area contributed by atoms with Crippen LogP contribution in [0.3, 0.4) is 0 Å². The molecule has 5 rings (SSSR count). The minimum Gasteiger partial charge on any atom is -0.497 e. The standard InChI is InChI=1S/C28H38N2O3/c1-31-21-9-12-24(28(19-21)32-2)26-20-30-16-6-8-27(30)25-18-22(10-11-23(25)26)33-17-7-15-29-13-4-3-5-14-29/h9-12,18-19,26-27H,3-8,13-17,20H2,1-2H3. The zero-order chi connectivity index (χ0) is 22.6. The number of likely N-dealkylation sites (tertiary alicyclic amines) is 1. The van der Waals surface area contributed by atoms with Crippen LogP contribution in [0.15, 0.2) is 36.4 Å². The van der Waals surface area contributed by atoms with Crippen LogP contribution in [0, 0.1) is 0 Å². The van der Waals surface area contributed by atoms with E-state index in [0.717, 1.165) is 43.4 Å². The lowest BCUT2D eigenvalue weighted by atomic mass is 9.81. The zero-order valence-electron chi connectivity index (χ0n) is 20.2. The van der Waals surface area contributed by atoms with E-state index in [1.54, 1.807) is 14.2 Å². The molecule has 2 atom stereocenters. The third-order valence-corrected chi connectivity index (χ3v) is 7.73. The Labute approximate surface area is 198 Å². The number of rotatable bonds is 8. The summed E-state index contributed by atoms with van der Waals surface area (Å²) in [5.74, 6) is 3.05. The molecule has 2 unspecified atom stereocenters. The van der Waals surface area contributed by atoms with Crippen molar-refractivity contribution in [1.29, 1.82) is 0 Å². The Kier molecular flexibility index (Phi) is 7.07. The predicted octanol–water partition coefficient (Wildman–Crippen LogP) is 5.24. The molecular weight excluding hydrogens is 412 g/mol. The lowest BCUT2D eigenvalue weighted by Gasteiger charge is -2.38. The molecule has 0 aromatic heterocycles. The van der Waals surface area contributed by atoms with Gasteiger partial charge in [0.25, 0.3) is 0 Å². The van der Waals surface area contributed by atoms with Crippen LogP contribution >= 0.6 is 0 Å². The lowest BCUT2D eigenvalue weighted by Crippen LogP contribution is -2.34. The number of piperidine rings is 1. The Bertz CT molecular complexity index is 941. The normalized spacial score (nSPS) is 23.1. The molecule has 5 nitrogen and oxygen atoms in total. The number of hydrogen-bond donors (Lipinski definition) is 0. The van der Waals surface area contributed by atoms with Crippen LogP contribution < -0.4 is 14.2 Å². The lowest BCUT2D eigenvalue weighted by molar-refractivity contribution is 0.204. The fraction of sp³-hybridized carbons (Fsp3) is 0.571. The maximum atomic E-state index is 6.24. The van der Waals surface area contributed by atoms with Crippen LogP contribution in [0.1, 0.15) is 67.2 Å². The van der Waals surface area contributed by atoms with Crippen LogP contribution in [-0.4, -0.2) is 63.4 Å². The van der Waals surface area contributed by atoms with Crippen LogP contribution in [0.25, 0.3) is 0 Å². The first kappa shape index (κ1) is 22.5. The Morgan fingerprint density at radius 3 is 2.45 bits per heavy atom. The van der Waals surface area contributed by atoms with Gasteiger partial charge < -0.3 is 19.1 Å². The van der Waals surface area contributed by atoms with E-state index in [9.17, 15) is 0 Å². The van der Waals surface area contributed by atoms with Gasteiger partial charge in [0.1, 0.15) is 17.2 Å². The van der Waals surface area contributed by atoms with Gasteiger partial charge in [0.15, 0.2) is 0 Å². The molecule has 2 aromatic rings. The van der Waals surface area contributed by atoms with E-state index in [2.05, 4.69) is 34.1 Å². The molecule has 2 saturated heterocycles. The van der Waals surface area contributed by atoms with Crippen molar-refractivity contribution < 1.29 is 14.2 Å². The molecule has 2 fully saturated rings. The van der Waals surface area contributed by atoms with Crippen LogP contribution in [-0.2, 0) is 0 Å². The number of methoxy groups -OCH3 is 2. The summed E-state index contributed by atoms with van der Waals surface area (Å²) in [6.07, 6.45) is 7.69. The minimum atomic E-state index is 0.295. The maximum absolute atomic E-state index is 6.24. The first-order chi connectivity index (χ1) is 16.3. The van der Waals surface area contributed by atoms with E-state index in [4.69, 9.17) is 14.2 Å². The van der Waals surface area contributed by atoms with Gasteiger partial charge in [-0.3, -0.25) is 4.90 Å². The van der Waals surface area contributed by atoms with Gasteiger partial charge in [-0.05, 0) is 81.1 Å². The molecule has 3 heterocycles. The van der Waals surface area contributed by atoms with Crippen molar-refractivity contribution in [3.63, 3.8) is 0 Å². The second-order valence-electron chi connectivity index (χ2n) is 9.71. The van der Waals surface area contributed by atoms with Crippen molar-refractivity contribution in [2.75, 3.05) is 53.6 Å². The van der Waals surface area contributed by atoms with Crippen molar-refractivity contribution in [1.82, 2.24) is 9.80 Å². The summed E-state index contributed by atoms with van der Waals surface area (Å²) in [4.78, 5) is 5.24. The monoisotopic (exact) mass is 450 g/mol. The van der Waals surface area contributed by atoms with Gasteiger partial charge in [-0.1, -0.05) is 18.6 Å². The summed E-state index contributed by atoms with van der Waals surface area (Å²) >= 11 is 0. The van der Waals surface area contributed by atoms with Crippen molar-refractivity contribution in [3.05, 3.63) is 53.1 Å². The summed E-state index contributed by atoms with van der Waals surface area (Å²) in [6, 6.07) is 13.5. The molecule has 0 radical (unpaired) electrons. The molecule has 5 heteroatoms. The molecule has 0 saturated carbocycles. The summed E-state index contributed by atoms with van der Waals surface area (Å²) in [7, 11) is 3.45. The van der Waals surface area contributed by atoms with Gasteiger partial charge in [-0.25, -0.2) is 0 Å². The van der Waals surface area contributed by atoms with Crippen molar-refractivity contribution in [3.8, 4) is 17.2 Å². The zero-order valence-corrected chi connectivity index (χ0v) is 20.2. The van der Waals surface area contributed by atoms with Gasteiger partial charge in [-0.2, -0.15) is 0 Å². The van der Waals surface area contributed by atoms with E-state index >= 15 is 0 Å². The molecular formula is C28H38N2O3. The molecule has 2 aromatic carbocycles. The van der Waals surface area contributed by atoms with Gasteiger partial charge in [0, 0.05) is 36.7 Å². The Morgan fingerprint density at radius 2 is 1.64 bits per heavy atom. The highest BCUT2D eigenvalue weighted by molar-refractivity contribution is 5.51. The third-order valence-electron chi connectivity index (χ3n) is 7.73. The molecule has 178 valence electrons. The second-order valence-corrected chi connectivity index (χ2v) is 9.71. The molecule has 0 amide bonds. The van der Waals surface area contributed by atoms with Crippen LogP contribution in [0.2, 0.25) is 0 Å². The molecule has 3 aliphatic heterocycles. The van der Waals surface area contributed by atoms with Crippen LogP contribution in [0.4, 0.5) is 0 Å². The van der Waals surface area contributed by atoms with E-state index in [1.807, 2.05) is 12.1 Å². The predicted molar refractivity (Wildman–Crippen MR) is 132 cm³/mol. The largest absolute Gasteiger partial charge is 0.497 e. The first-order valence-corrected chi connectivity index (χ1v) is 12.7. The topological polar surface area (TPSA) is 34.2 Å². The molecule has 3 aliphatic rings. The Balaban J connectivity index is 1.34. The maximum Gasteiger partial charge on any atom is 0.126 e. The highest BCUT2D eigenvalue weighted by atomic mass is 16.5. The fourth-order valence-corrected chi connectivity index (χ4v) is 6.01. The molecule has 0 aliphatic carbocycles. The Morgan fingerprint density at radius 1 is 0.818 bits per heavy atom. The minimum absolute atomic E-state index is 0.295. The SMILES string of the molecule is COc1ccc(C2CN3CCCC3c3cc(OCCCN4CCCCC4)ccc32)c(OC)c1. The average molecular weight is 451 g/mol. The number of ether oxygens (including phenoxy) is 3. The summed E-state index contributed by atoms with van der Waals surface area (Å²) in [6.45, 7) is 6.66. The van der Waals surface area contributed by atoms with E-state index < -0.39 is 0 Å². The molecule has 0 spiro atoms. The molecule has 33 heavy (non-hydrogen) atoms. The summed E-state index contributed by atoms with van der Waals surface area (Å²) in [5.41, 5.74) is 4.09. The van der Waals surface area contributed by atoms with Crippen molar-refractivity contribution in [2.45, 2.75) is 50.5 Å². The summed E-state index contributed by atoms with van der Waals surface area (Å²) < 4.78 is 17.4. The highest BCUT2D eigenvalue weighted by Crippen LogP contribution is 2.47. The fourth-order valence-electron chi connectivity index (χ4n) is 6.01. The Hall–Kier alpha value is -2.24. The van der Waals surface area contributed by atoms with E-state index in [1.165, 1.54) is 68.4 Å². The van der Waals surface area contributed by atoms with Crippen molar-refractivity contribution in [2.24, 2.45) is 0 Å². The van der Waals surface area contributed by atoms with Gasteiger partial charge in [0.2, 0.25) is 0 Å². The van der Waals surface area contributed by atoms with Gasteiger partial charge in [-0.15, -0.1) is 0 Å². The van der Waals surface area contributed by atoms with E-state index in [-0.39, 0.29) is 0 Å². The number of hydrogen-bond acceptors (Lipinski definition) is 5. The van der Waals surface area contributed by atoms with Gasteiger partial charge >= 0.3 is 0 Å². The van der Waals surface area contributed by atoms with E-state index in [0.29, 0.717) is 12.0 Å². The smallest absolute Gasteiger partial charge is 0.126 e. The number of benzene rings is 2. The third kappa shape index (κ3) is 4.85. The number of fused-ring (bicyclic) bond motifs is 3. The average Bonchev–Trinajstić information content (AvgIpc) is 3.35. The van der Waals surface area contributed by atoms with Crippen molar-refractivity contribution >= 4 is 0 Å². The van der Waals surface area contributed by atoms with Gasteiger partial charge in [0.05, 0.1) is 20.8 Å². The summed E-state index contributed by atoms with van der Waals surface area (Å²) in [5, 5.41) is 0.